The molecule has 0 unspecified atom stereocenters. The number of nitrogens with zero attached hydrogens (tertiary/aromatic N) is 2. The maximum absolute atomic E-state index is 12.2. The molecule has 102 valence electrons. The molecule has 5 nitrogen and oxygen atoms in total. The molecule has 2 rings (SSSR count). The molecule has 0 radical (unpaired) electrons. The molecule has 0 saturated heterocycles. The average Bonchev–Trinajstić information content (AvgIpc) is 2.44. The third-order valence-corrected chi connectivity index (χ3v) is 3.82. The van der Waals surface area contributed by atoms with Gasteiger partial charge in [0.25, 0.3) is 5.56 Å². The van der Waals surface area contributed by atoms with E-state index in [9.17, 15) is 15.2 Å². The lowest BCUT2D eigenvalue weighted by atomic mass is 9.82. The van der Waals surface area contributed by atoms with E-state index in [1.54, 1.807) is 6.07 Å². The first-order valence-corrected chi connectivity index (χ1v) is 6.76. The summed E-state index contributed by atoms with van der Waals surface area (Å²) in [6.45, 7) is 0.478. The molecule has 1 aromatic rings. The zero-order chi connectivity index (χ0) is 13.8. The number of nitriles is 1. The maximum Gasteiger partial charge on any atom is 0.271 e. The number of aromatic hydroxyl groups is 1. The predicted octanol–water partition coefficient (Wildman–Crippen LogP) is 1.43. The van der Waals surface area contributed by atoms with E-state index < -0.39 is 5.56 Å². The maximum atomic E-state index is 12.2. The van der Waals surface area contributed by atoms with Gasteiger partial charge in [0.2, 0.25) is 0 Å². The van der Waals surface area contributed by atoms with E-state index in [-0.39, 0.29) is 30.5 Å². The Kier molecular flexibility index (Phi) is 4.23. The Bertz CT molecular complexity index is 551. The van der Waals surface area contributed by atoms with Gasteiger partial charge in [0.1, 0.15) is 11.6 Å². The van der Waals surface area contributed by atoms with Gasteiger partial charge in [-0.1, -0.05) is 19.3 Å². The van der Waals surface area contributed by atoms with Crippen LogP contribution in [0.2, 0.25) is 0 Å². The summed E-state index contributed by atoms with van der Waals surface area (Å²) in [7, 11) is 0. The van der Waals surface area contributed by atoms with Crippen molar-refractivity contribution in [3.05, 3.63) is 27.5 Å². The molecule has 1 fully saturated rings. The second kappa shape index (κ2) is 5.89. The Labute approximate surface area is 112 Å². The minimum Gasteiger partial charge on any atom is -0.494 e. The molecule has 1 saturated carbocycles. The highest BCUT2D eigenvalue weighted by Gasteiger charge is 2.22. The van der Waals surface area contributed by atoms with Gasteiger partial charge in [-0.25, -0.2) is 0 Å². The fourth-order valence-corrected chi connectivity index (χ4v) is 2.84. The smallest absolute Gasteiger partial charge is 0.271 e. The highest BCUT2D eigenvalue weighted by Crippen LogP contribution is 2.34. The molecule has 0 amide bonds. The zero-order valence-electron chi connectivity index (χ0n) is 10.9. The lowest BCUT2D eigenvalue weighted by Crippen LogP contribution is -2.28. The third kappa shape index (κ3) is 2.64. The van der Waals surface area contributed by atoms with Crippen LogP contribution in [0.15, 0.2) is 10.9 Å². The van der Waals surface area contributed by atoms with Crippen LogP contribution < -0.4 is 11.3 Å². The largest absolute Gasteiger partial charge is 0.494 e. The molecular weight excluding hydrogens is 242 g/mol. The number of hydrogen-bond donors (Lipinski definition) is 2. The first-order chi connectivity index (χ1) is 9.19. The minimum atomic E-state index is -0.423. The normalized spacial score (nSPS) is 16.2. The number of pyridine rings is 1. The van der Waals surface area contributed by atoms with E-state index >= 15 is 0 Å². The topological polar surface area (TPSA) is 92.0 Å². The van der Waals surface area contributed by atoms with Crippen LogP contribution >= 0.6 is 0 Å². The lowest BCUT2D eigenvalue weighted by molar-refractivity contribution is 0.399. The summed E-state index contributed by atoms with van der Waals surface area (Å²) in [4.78, 5) is 12.2. The molecular formula is C14H19N3O2. The first-order valence-electron chi connectivity index (χ1n) is 6.76. The number of aromatic nitrogens is 1. The van der Waals surface area contributed by atoms with Gasteiger partial charge in [-0.2, -0.15) is 5.26 Å². The average molecular weight is 261 g/mol. The number of nitrogens with two attached hydrogens (primary N) is 1. The van der Waals surface area contributed by atoms with Crippen molar-refractivity contribution in [2.45, 2.75) is 44.6 Å². The summed E-state index contributed by atoms with van der Waals surface area (Å²) in [5.74, 6) is 0.129. The van der Waals surface area contributed by atoms with E-state index in [4.69, 9.17) is 5.73 Å². The Hall–Kier alpha value is -1.80. The van der Waals surface area contributed by atoms with Crippen molar-refractivity contribution in [1.29, 1.82) is 5.26 Å². The summed E-state index contributed by atoms with van der Waals surface area (Å²) in [6.07, 6.45) is 5.39. The van der Waals surface area contributed by atoms with Gasteiger partial charge in [0.05, 0.1) is 0 Å². The van der Waals surface area contributed by atoms with Crippen molar-refractivity contribution in [3.63, 3.8) is 0 Å². The summed E-state index contributed by atoms with van der Waals surface area (Å²) in [6, 6.07) is 3.58. The van der Waals surface area contributed by atoms with Crippen molar-refractivity contribution in [3.8, 4) is 11.9 Å². The van der Waals surface area contributed by atoms with Gasteiger partial charge in [0.15, 0.2) is 5.88 Å². The van der Waals surface area contributed by atoms with Crippen LogP contribution in [0.4, 0.5) is 0 Å². The molecule has 0 atom stereocenters. The van der Waals surface area contributed by atoms with Crippen LogP contribution in [-0.4, -0.2) is 16.2 Å². The molecule has 0 bridgehead atoms. The predicted molar refractivity (Wildman–Crippen MR) is 72.0 cm³/mol. The van der Waals surface area contributed by atoms with E-state index in [0.29, 0.717) is 5.56 Å². The monoisotopic (exact) mass is 261 g/mol. The van der Waals surface area contributed by atoms with Crippen LogP contribution in [-0.2, 0) is 6.54 Å². The molecule has 0 aromatic carbocycles. The molecule has 1 heterocycles. The van der Waals surface area contributed by atoms with Gasteiger partial charge >= 0.3 is 0 Å². The van der Waals surface area contributed by atoms with Crippen LogP contribution in [0.25, 0.3) is 0 Å². The number of rotatable bonds is 3. The molecule has 19 heavy (non-hydrogen) atoms. The van der Waals surface area contributed by atoms with E-state index in [0.717, 1.165) is 25.7 Å². The highest BCUT2D eigenvalue weighted by atomic mass is 16.3. The summed E-state index contributed by atoms with van der Waals surface area (Å²) in [5, 5.41) is 19.2. The highest BCUT2D eigenvalue weighted by molar-refractivity contribution is 5.41. The van der Waals surface area contributed by atoms with Gasteiger partial charge in [-0.05, 0) is 24.3 Å². The fourth-order valence-electron chi connectivity index (χ4n) is 2.84. The van der Waals surface area contributed by atoms with Gasteiger partial charge in [0, 0.05) is 19.2 Å². The van der Waals surface area contributed by atoms with Crippen molar-refractivity contribution in [2.75, 3.05) is 6.54 Å². The summed E-state index contributed by atoms with van der Waals surface area (Å²) in [5.41, 5.74) is 5.87. The van der Waals surface area contributed by atoms with Crippen LogP contribution in [0.5, 0.6) is 5.88 Å². The van der Waals surface area contributed by atoms with Crippen LogP contribution in [0, 0.1) is 11.3 Å². The second-order valence-electron chi connectivity index (χ2n) is 5.03. The van der Waals surface area contributed by atoms with Crippen molar-refractivity contribution in [2.24, 2.45) is 5.73 Å². The standard InChI is InChI=1S/C14H19N3O2/c15-6-7-17-13(18)8-11(12(9-16)14(17)19)10-4-2-1-3-5-10/h8,10,18H,1-7,15H2. The first kappa shape index (κ1) is 13.6. The zero-order valence-corrected chi connectivity index (χ0v) is 10.9. The fraction of sp³-hybridized carbons (Fsp3) is 0.571. The Morgan fingerprint density at radius 2 is 2.11 bits per heavy atom. The quantitative estimate of drug-likeness (QED) is 0.861. The Balaban J connectivity index is 2.50. The molecule has 0 spiro atoms. The molecule has 3 N–H and O–H groups in total. The van der Waals surface area contributed by atoms with Crippen molar-refractivity contribution < 1.29 is 5.11 Å². The second-order valence-corrected chi connectivity index (χ2v) is 5.03. The summed E-state index contributed by atoms with van der Waals surface area (Å²) < 4.78 is 1.17. The molecule has 0 aliphatic heterocycles. The van der Waals surface area contributed by atoms with E-state index in [1.165, 1.54) is 11.0 Å². The van der Waals surface area contributed by atoms with Crippen LogP contribution in [0.1, 0.15) is 49.1 Å². The SMILES string of the molecule is N#Cc1c(C2CCCCC2)cc(O)n(CCN)c1=O. The van der Waals surface area contributed by atoms with Crippen molar-refractivity contribution in [1.82, 2.24) is 4.57 Å². The summed E-state index contributed by atoms with van der Waals surface area (Å²) >= 11 is 0. The third-order valence-electron chi connectivity index (χ3n) is 3.82. The van der Waals surface area contributed by atoms with Gasteiger partial charge in [-0.15, -0.1) is 0 Å². The molecule has 5 heteroatoms. The Morgan fingerprint density at radius 1 is 1.42 bits per heavy atom. The molecule has 1 aliphatic carbocycles. The minimum absolute atomic E-state index is 0.0879. The van der Waals surface area contributed by atoms with Gasteiger partial charge < -0.3 is 10.8 Å². The lowest BCUT2D eigenvalue weighted by Gasteiger charge is -2.23. The molecule has 1 aromatic heterocycles. The van der Waals surface area contributed by atoms with Gasteiger partial charge in [-0.3, -0.25) is 9.36 Å². The van der Waals surface area contributed by atoms with Crippen molar-refractivity contribution >= 4 is 0 Å². The van der Waals surface area contributed by atoms with E-state index in [2.05, 4.69) is 0 Å². The van der Waals surface area contributed by atoms with E-state index in [1.807, 2.05) is 6.07 Å². The molecule has 1 aliphatic rings. The Morgan fingerprint density at radius 3 is 2.68 bits per heavy atom. The number of hydrogen-bond acceptors (Lipinski definition) is 4. The van der Waals surface area contributed by atoms with Crippen LogP contribution in [0.3, 0.4) is 0 Å².